The molecule has 0 spiro atoms. The van der Waals surface area contributed by atoms with Gasteiger partial charge in [0.05, 0.1) is 4.90 Å². The molecule has 0 aliphatic heterocycles. The molecule has 0 saturated heterocycles. The van der Waals surface area contributed by atoms with Crippen LogP contribution in [0, 0.1) is 11.9 Å². The zero-order chi connectivity index (χ0) is 9.19. The molecule has 1 aromatic rings. The van der Waals surface area contributed by atoms with E-state index in [2.05, 4.69) is 6.07 Å². The lowest BCUT2D eigenvalue weighted by Crippen LogP contribution is -2.00. The summed E-state index contributed by atoms with van der Waals surface area (Å²) >= 11 is -0.503. The van der Waals surface area contributed by atoms with E-state index in [-0.39, 0.29) is 0 Å². The van der Waals surface area contributed by atoms with Crippen molar-refractivity contribution in [1.29, 1.82) is 0 Å². The van der Waals surface area contributed by atoms with Crippen molar-refractivity contribution < 1.29 is 17.6 Å². The van der Waals surface area contributed by atoms with Crippen molar-refractivity contribution in [3.8, 4) is 0 Å². The number of alkyl halides is 3. The second-order valence-electron chi connectivity index (χ2n) is 1.89. The third-order valence-electron chi connectivity index (χ3n) is 0.988. The summed E-state index contributed by atoms with van der Waals surface area (Å²) in [6.45, 7) is 0. The normalized spacial score (nSPS) is 11.7. The van der Waals surface area contributed by atoms with Gasteiger partial charge in [-0.3, -0.25) is 0 Å². The minimum absolute atomic E-state index is 0.503. The fourth-order valence-electron chi connectivity index (χ4n) is 0.595. The van der Waals surface area contributed by atoms with Crippen LogP contribution in [-0.2, 0) is 0 Å². The standard InChI is InChI=1S/C7H3F4S/c8-5-3-1-2-4-6(5)12-7(9,10)11/h1-3H. The molecule has 1 rings (SSSR count). The average molecular weight is 195 g/mol. The Balaban J connectivity index is 2.83. The van der Waals surface area contributed by atoms with Crippen molar-refractivity contribution in [1.82, 2.24) is 0 Å². The summed E-state index contributed by atoms with van der Waals surface area (Å²) in [5.41, 5.74) is -4.46. The summed E-state index contributed by atoms with van der Waals surface area (Å²) in [6, 6.07) is 5.64. The molecule has 0 aliphatic carbocycles. The first kappa shape index (κ1) is 9.38. The van der Waals surface area contributed by atoms with Crippen LogP contribution < -0.4 is 0 Å². The van der Waals surface area contributed by atoms with Gasteiger partial charge in [-0.1, -0.05) is 12.1 Å². The minimum atomic E-state index is -4.46. The Labute approximate surface area is 70.6 Å². The molecule has 0 heterocycles. The largest absolute Gasteiger partial charge is 0.446 e. The van der Waals surface area contributed by atoms with Crippen LogP contribution in [0.25, 0.3) is 0 Å². The lowest BCUT2D eigenvalue weighted by atomic mass is 10.4. The second kappa shape index (κ2) is 3.35. The first-order valence-electron chi connectivity index (χ1n) is 2.91. The molecule has 1 radical (unpaired) electrons. The van der Waals surface area contributed by atoms with Crippen molar-refractivity contribution in [3.05, 3.63) is 30.1 Å². The molecular weight excluding hydrogens is 192 g/mol. The molecule has 65 valence electrons. The van der Waals surface area contributed by atoms with Crippen LogP contribution in [-0.4, -0.2) is 5.51 Å². The molecule has 0 fully saturated rings. The molecule has 0 nitrogen and oxygen atoms in total. The maximum Gasteiger partial charge on any atom is 0.446 e. The summed E-state index contributed by atoms with van der Waals surface area (Å²) < 4.78 is 47.7. The summed E-state index contributed by atoms with van der Waals surface area (Å²) in [4.78, 5) is -0.523. The molecular formula is C7H3F4S. The zero-order valence-electron chi connectivity index (χ0n) is 5.65. The van der Waals surface area contributed by atoms with Crippen LogP contribution in [0.15, 0.2) is 23.1 Å². The Bertz CT molecular complexity index is 268. The van der Waals surface area contributed by atoms with E-state index in [1.807, 2.05) is 0 Å². The SMILES string of the molecule is Fc1ccc[c]c1SC(F)(F)F. The molecule has 0 aromatic heterocycles. The molecule has 0 N–H and O–H groups in total. The maximum absolute atomic E-state index is 12.6. The molecule has 5 heteroatoms. The number of rotatable bonds is 1. The maximum atomic E-state index is 12.6. The monoisotopic (exact) mass is 195 g/mol. The highest BCUT2D eigenvalue weighted by Crippen LogP contribution is 2.37. The number of hydrogen-bond donors (Lipinski definition) is 0. The van der Waals surface area contributed by atoms with Crippen molar-refractivity contribution in [2.45, 2.75) is 10.4 Å². The van der Waals surface area contributed by atoms with Gasteiger partial charge in [-0.2, -0.15) is 13.2 Å². The van der Waals surface area contributed by atoms with Crippen LogP contribution in [0.2, 0.25) is 0 Å². The van der Waals surface area contributed by atoms with Gasteiger partial charge < -0.3 is 0 Å². The second-order valence-corrected chi connectivity index (χ2v) is 2.97. The van der Waals surface area contributed by atoms with Crippen LogP contribution >= 0.6 is 11.8 Å². The molecule has 0 saturated carbocycles. The van der Waals surface area contributed by atoms with Gasteiger partial charge in [0.15, 0.2) is 0 Å². The van der Waals surface area contributed by atoms with Gasteiger partial charge in [-0.25, -0.2) is 4.39 Å². The fourth-order valence-corrected chi connectivity index (χ4v) is 1.12. The van der Waals surface area contributed by atoms with Gasteiger partial charge in [-0.05, 0) is 23.9 Å². The Morgan fingerprint density at radius 3 is 2.50 bits per heavy atom. The summed E-state index contributed by atoms with van der Waals surface area (Å²) in [5, 5.41) is 0. The third kappa shape index (κ3) is 2.73. The lowest BCUT2D eigenvalue weighted by molar-refractivity contribution is -0.0329. The van der Waals surface area contributed by atoms with E-state index in [9.17, 15) is 17.6 Å². The van der Waals surface area contributed by atoms with E-state index in [4.69, 9.17) is 0 Å². The van der Waals surface area contributed by atoms with Gasteiger partial charge in [0.1, 0.15) is 5.82 Å². The predicted octanol–water partition coefficient (Wildman–Crippen LogP) is 3.24. The Morgan fingerprint density at radius 2 is 2.00 bits per heavy atom. The average Bonchev–Trinajstić information content (AvgIpc) is 1.91. The van der Waals surface area contributed by atoms with E-state index < -0.39 is 28.0 Å². The first-order valence-corrected chi connectivity index (χ1v) is 3.72. The first-order chi connectivity index (χ1) is 5.49. The summed E-state index contributed by atoms with van der Waals surface area (Å²) in [5.74, 6) is -0.903. The van der Waals surface area contributed by atoms with Gasteiger partial charge in [0.2, 0.25) is 0 Å². The van der Waals surface area contributed by atoms with Gasteiger partial charge in [0, 0.05) is 0 Å². The molecule has 0 unspecified atom stereocenters. The van der Waals surface area contributed by atoms with E-state index >= 15 is 0 Å². The molecule has 0 bridgehead atoms. The Kier molecular flexibility index (Phi) is 2.62. The van der Waals surface area contributed by atoms with Crippen LogP contribution in [0.1, 0.15) is 0 Å². The van der Waals surface area contributed by atoms with Crippen molar-refractivity contribution in [2.75, 3.05) is 0 Å². The highest BCUT2D eigenvalue weighted by Gasteiger charge is 2.30. The number of halogens is 4. The van der Waals surface area contributed by atoms with Crippen molar-refractivity contribution >= 4 is 11.8 Å². The molecule has 0 atom stereocenters. The van der Waals surface area contributed by atoms with Crippen molar-refractivity contribution in [2.24, 2.45) is 0 Å². The molecule has 0 aliphatic rings. The van der Waals surface area contributed by atoms with E-state index in [0.29, 0.717) is 0 Å². The van der Waals surface area contributed by atoms with Crippen molar-refractivity contribution in [3.63, 3.8) is 0 Å². The zero-order valence-corrected chi connectivity index (χ0v) is 6.47. The fraction of sp³-hybridized carbons (Fsp3) is 0.143. The molecule has 0 amide bonds. The van der Waals surface area contributed by atoms with Gasteiger partial charge >= 0.3 is 5.51 Å². The molecule has 12 heavy (non-hydrogen) atoms. The van der Waals surface area contributed by atoms with Gasteiger partial charge in [-0.15, -0.1) is 0 Å². The van der Waals surface area contributed by atoms with E-state index in [0.717, 1.165) is 6.07 Å². The topological polar surface area (TPSA) is 0 Å². The third-order valence-corrected chi connectivity index (χ3v) is 1.74. The highest BCUT2D eigenvalue weighted by atomic mass is 32.2. The quantitative estimate of drug-likeness (QED) is 0.489. The predicted molar refractivity (Wildman–Crippen MR) is 37.1 cm³/mol. The van der Waals surface area contributed by atoms with E-state index in [1.54, 1.807) is 0 Å². The van der Waals surface area contributed by atoms with Crippen LogP contribution in [0.4, 0.5) is 17.6 Å². The van der Waals surface area contributed by atoms with Crippen LogP contribution in [0.5, 0.6) is 0 Å². The molecule has 1 aromatic carbocycles. The number of hydrogen-bond acceptors (Lipinski definition) is 1. The summed E-state index contributed by atoms with van der Waals surface area (Å²) in [7, 11) is 0. The number of thioether (sulfide) groups is 1. The highest BCUT2D eigenvalue weighted by molar-refractivity contribution is 8.00. The van der Waals surface area contributed by atoms with Crippen LogP contribution in [0.3, 0.4) is 0 Å². The van der Waals surface area contributed by atoms with E-state index in [1.165, 1.54) is 12.1 Å². The smallest absolute Gasteiger partial charge is 0.206 e. The number of benzene rings is 1. The Hall–Kier alpha value is -0.710. The lowest BCUT2D eigenvalue weighted by Gasteiger charge is -2.04. The minimum Gasteiger partial charge on any atom is -0.206 e. The summed E-state index contributed by atoms with van der Waals surface area (Å²) in [6.07, 6.45) is 0. The Morgan fingerprint density at radius 1 is 1.33 bits per heavy atom. The van der Waals surface area contributed by atoms with Gasteiger partial charge in [0.25, 0.3) is 0 Å².